The summed E-state index contributed by atoms with van der Waals surface area (Å²) in [6, 6.07) is 7.56. The number of amides is 1. The minimum absolute atomic E-state index is 0.0994. The summed E-state index contributed by atoms with van der Waals surface area (Å²) in [5, 5.41) is 11.4. The molecular weight excluding hydrogens is 437 g/mol. The smallest absolute Gasteiger partial charge is 0.295 e. The number of aliphatic hydroxyl groups excluding tert-OH is 1. The van der Waals surface area contributed by atoms with E-state index in [2.05, 4.69) is 0 Å². The molecule has 2 aromatic carbocycles. The van der Waals surface area contributed by atoms with Gasteiger partial charge in [-0.2, -0.15) is 0 Å². The van der Waals surface area contributed by atoms with Gasteiger partial charge in [0.15, 0.2) is 0 Å². The summed E-state index contributed by atoms with van der Waals surface area (Å²) in [7, 11) is 2.84. The molecule has 32 heavy (non-hydrogen) atoms. The van der Waals surface area contributed by atoms with Crippen LogP contribution in [0.2, 0.25) is 5.02 Å². The normalized spacial score (nSPS) is 17.7. The molecule has 1 aliphatic heterocycles. The van der Waals surface area contributed by atoms with Crippen molar-refractivity contribution >= 4 is 29.1 Å². The van der Waals surface area contributed by atoms with E-state index in [1.54, 1.807) is 0 Å². The van der Waals surface area contributed by atoms with Crippen LogP contribution in [0.25, 0.3) is 5.76 Å². The van der Waals surface area contributed by atoms with E-state index in [1.165, 1.54) is 55.5 Å². The van der Waals surface area contributed by atoms with Gasteiger partial charge in [-0.15, -0.1) is 0 Å². The van der Waals surface area contributed by atoms with E-state index < -0.39 is 29.3 Å². The second-order valence-electron chi connectivity index (χ2n) is 7.44. The summed E-state index contributed by atoms with van der Waals surface area (Å²) in [5.74, 6) is -1.84. The summed E-state index contributed by atoms with van der Waals surface area (Å²) in [6.07, 6.45) is 2.51. The van der Waals surface area contributed by atoms with Crippen LogP contribution in [0.5, 0.6) is 11.5 Å². The third kappa shape index (κ3) is 4.43. The number of hydrogen-bond donors (Lipinski definition) is 1. The lowest BCUT2D eigenvalue weighted by Gasteiger charge is -2.25. The Kier molecular flexibility index (Phi) is 7.40. The minimum Gasteiger partial charge on any atom is -0.507 e. The predicted octanol–water partition coefficient (Wildman–Crippen LogP) is 5.11. The molecule has 0 spiro atoms. The van der Waals surface area contributed by atoms with E-state index in [9.17, 15) is 19.1 Å². The molecule has 1 atom stereocenters. The number of ether oxygens (including phenoxy) is 2. The Balaban J connectivity index is 2.20. The monoisotopic (exact) mass is 461 g/mol. The standard InChI is InChI=1S/C24H25ClFNO5/c1-4-5-6-11-27-21(14-7-9-15(26)10-8-14)20(23(29)24(27)30)22(28)16-12-17(25)19(32-3)13-18(16)31-2/h7-10,12-13,21,28H,4-6,11H2,1-3H3/b22-20+. The Morgan fingerprint density at radius 1 is 1.09 bits per heavy atom. The van der Waals surface area contributed by atoms with Crippen molar-refractivity contribution in [3.05, 3.63) is 63.9 Å². The van der Waals surface area contributed by atoms with E-state index in [4.69, 9.17) is 21.1 Å². The quantitative estimate of drug-likeness (QED) is 0.256. The van der Waals surface area contributed by atoms with Gasteiger partial charge in [-0.1, -0.05) is 43.5 Å². The van der Waals surface area contributed by atoms with Crippen LogP contribution in [0, 0.1) is 5.82 Å². The number of benzene rings is 2. The van der Waals surface area contributed by atoms with Crippen LogP contribution in [-0.2, 0) is 9.59 Å². The molecule has 6 nitrogen and oxygen atoms in total. The average Bonchev–Trinajstić information content (AvgIpc) is 3.04. The van der Waals surface area contributed by atoms with Crippen LogP contribution in [0.4, 0.5) is 4.39 Å². The largest absolute Gasteiger partial charge is 0.507 e. The Bertz CT molecular complexity index is 1050. The van der Waals surface area contributed by atoms with Gasteiger partial charge >= 0.3 is 0 Å². The third-order valence-electron chi connectivity index (χ3n) is 5.46. The van der Waals surface area contributed by atoms with Crippen molar-refractivity contribution in [2.75, 3.05) is 20.8 Å². The lowest BCUT2D eigenvalue weighted by atomic mass is 9.95. The topological polar surface area (TPSA) is 76.1 Å². The zero-order valence-electron chi connectivity index (χ0n) is 18.2. The summed E-state index contributed by atoms with van der Waals surface area (Å²) in [6.45, 7) is 2.36. The number of Topliss-reactive ketones (excluding diaryl/α,β-unsaturated/α-hetero) is 1. The molecule has 0 bridgehead atoms. The first-order valence-corrected chi connectivity index (χ1v) is 10.7. The van der Waals surface area contributed by atoms with Gasteiger partial charge in [0.05, 0.1) is 36.4 Å². The number of hydrogen-bond acceptors (Lipinski definition) is 5. The number of carbonyl (C=O) groups is 2. The number of aliphatic hydroxyl groups is 1. The highest BCUT2D eigenvalue weighted by Gasteiger charge is 2.46. The lowest BCUT2D eigenvalue weighted by Crippen LogP contribution is -2.30. The lowest BCUT2D eigenvalue weighted by molar-refractivity contribution is -0.139. The Labute approximate surface area is 191 Å². The molecule has 0 aromatic heterocycles. The van der Waals surface area contributed by atoms with Gasteiger partial charge < -0.3 is 19.5 Å². The zero-order valence-corrected chi connectivity index (χ0v) is 18.9. The fraction of sp³-hybridized carbons (Fsp3) is 0.333. The minimum atomic E-state index is -0.863. The highest BCUT2D eigenvalue weighted by molar-refractivity contribution is 6.46. The SMILES string of the molecule is CCCCCN1C(=O)C(=O)/C(=C(/O)c2cc(Cl)c(OC)cc2OC)C1c1ccc(F)cc1. The molecule has 1 heterocycles. The summed E-state index contributed by atoms with van der Waals surface area (Å²) >= 11 is 6.24. The van der Waals surface area contributed by atoms with Crippen LogP contribution in [0.3, 0.4) is 0 Å². The zero-order chi connectivity index (χ0) is 23.4. The maximum Gasteiger partial charge on any atom is 0.295 e. The van der Waals surface area contributed by atoms with Gasteiger partial charge in [0.1, 0.15) is 23.1 Å². The van der Waals surface area contributed by atoms with Crippen LogP contribution >= 0.6 is 11.6 Å². The third-order valence-corrected chi connectivity index (χ3v) is 5.75. The molecule has 1 unspecified atom stereocenters. The molecule has 170 valence electrons. The van der Waals surface area contributed by atoms with Gasteiger partial charge in [0, 0.05) is 12.6 Å². The van der Waals surface area contributed by atoms with Crippen LogP contribution in [-0.4, -0.2) is 42.5 Å². The first-order chi connectivity index (χ1) is 15.3. The number of rotatable bonds is 8. The molecule has 1 saturated heterocycles. The van der Waals surface area contributed by atoms with Crippen LogP contribution in [0.1, 0.15) is 43.4 Å². The Morgan fingerprint density at radius 2 is 1.75 bits per heavy atom. The maximum atomic E-state index is 13.6. The second kappa shape index (κ2) is 10.0. The number of methoxy groups -OCH3 is 2. The number of likely N-dealkylation sites (tertiary alicyclic amines) is 1. The number of unbranched alkanes of at least 4 members (excludes halogenated alkanes) is 2. The van der Waals surface area contributed by atoms with Crippen LogP contribution in [0.15, 0.2) is 42.0 Å². The first-order valence-electron chi connectivity index (χ1n) is 10.3. The van der Waals surface area contributed by atoms with Crippen molar-refractivity contribution in [2.45, 2.75) is 32.2 Å². The number of carbonyl (C=O) groups excluding carboxylic acids is 2. The molecule has 1 aliphatic rings. The molecule has 0 radical (unpaired) electrons. The van der Waals surface area contributed by atoms with E-state index in [0.29, 0.717) is 24.3 Å². The molecule has 0 saturated carbocycles. The molecule has 1 N–H and O–H groups in total. The molecule has 3 rings (SSSR count). The Hall–Kier alpha value is -3.06. The van der Waals surface area contributed by atoms with Crippen molar-refractivity contribution < 1.29 is 28.6 Å². The Morgan fingerprint density at radius 3 is 2.34 bits per heavy atom. The van der Waals surface area contributed by atoms with Gasteiger partial charge in [-0.05, 0) is 30.2 Å². The predicted molar refractivity (Wildman–Crippen MR) is 119 cm³/mol. The fourth-order valence-corrected chi connectivity index (χ4v) is 4.07. The van der Waals surface area contributed by atoms with E-state index in [0.717, 1.165) is 12.8 Å². The van der Waals surface area contributed by atoms with Gasteiger partial charge in [-0.3, -0.25) is 9.59 Å². The van der Waals surface area contributed by atoms with Gasteiger partial charge in [0.25, 0.3) is 11.7 Å². The van der Waals surface area contributed by atoms with E-state index in [-0.39, 0.29) is 21.9 Å². The molecule has 8 heteroatoms. The van der Waals surface area contributed by atoms with Crippen molar-refractivity contribution in [1.82, 2.24) is 4.90 Å². The molecule has 0 aliphatic carbocycles. The van der Waals surface area contributed by atoms with Crippen molar-refractivity contribution in [3.63, 3.8) is 0 Å². The van der Waals surface area contributed by atoms with E-state index >= 15 is 0 Å². The molecule has 2 aromatic rings. The van der Waals surface area contributed by atoms with Crippen molar-refractivity contribution in [3.8, 4) is 11.5 Å². The highest BCUT2D eigenvalue weighted by Crippen LogP contribution is 2.43. The molecule has 1 amide bonds. The van der Waals surface area contributed by atoms with Gasteiger partial charge in [0.2, 0.25) is 0 Å². The average molecular weight is 462 g/mol. The van der Waals surface area contributed by atoms with Crippen molar-refractivity contribution in [2.24, 2.45) is 0 Å². The van der Waals surface area contributed by atoms with Gasteiger partial charge in [-0.25, -0.2) is 4.39 Å². The fourth-order valence-electron chi connectivity index (χ4n) is 3.82. The number of ketones is 1. The summed E-state index contributed by atoms with van der Waals surface area (Å²) < 4.78 is 24.1. The van der Waals surface area contributed by atoms with Crippen LogP contribution < -0.4 is 9.47 Å². The number of halogens is 2. The maximum absolute atomic E-state index is 13.6. The summed E-state index contributed by atoms with van der Waals surface area (Å²) in [5.41, 5.74) is 0.567. The highest BCUT2D eigenvalue weighted by atomic mass is 35.5. The molecular formula is C24H25ClFNO5. The number of nitrogens with zero attached hydrogens (tertiary/aromatic N) is 1. The molecule has 1 fully saturated rings. The van der Waals surface area contributed by atoms with E-state index in [1.807, 2.05) is 6.92 Å². The van der Waals surface area contributed by atoms with Crippen molar-refractivity contribution in [1.29, 1.82) is 0 Å². The summed E-state index contributed by atoms with van der Waals surface area (Å²) in [4.78, 5) is 27.4. The second-order valence-corrected chi connectivity index (χ2v) is 7.85. The first kappa shape index (κ1) is 23.6.